The highest BCUT2D eigenvalue weighted by atomic mass is 16.6. The van der Waals surface area contributed by atoms with Gasteiger partial charge in [-0.15, -0.1) is 0 Å². The van der Waals surface area contributed by atoms with Crippen LogP contribution in [0.3, 0.4) is 0 Å². The number of hydrogen-bond donors (Lipinski definition) is 2. The number of carboxylic acid groups (broad SMARTS) is 1. The lowest BCUT2D eigenvalue weighted by Gasteiger charge is -2.20. The summed E-state index contributed by atoms with van der Waals surface area (Å²) in [6, 6.07) is 4.40. The Balaban J connectivity index is 2.01. The number of hydrogen-bond acceptors (Lipinski definition) is 4. The van der Waals surface area contributed by atoms with Crippen molar-refractivity contribution in [3.05, 3.63) is 23.8 Å². The largest absolute Gasteiger partial charge is 0.486 e. The van der Waals surface area contributed by atoms with E-state index in [0.717, 1.165) is 5.56 Å². The van der Waals surface area contributed by atoms with Gasteiger partial charge >= 0.3 is 5.97 Å². The van der Waals surface area contributed by atoms with Gasteiger partial charge in [-0.25, -0.2) is 4.79 Å². The lowest BCUT2D eigenvalue weighted by atomic mass is 10.0. The highest BCUT2D eigenvalue weighted by molar-refractivity contribution is 5.85. The van der Waals surface area contributed by atoms with Crippen molar-refractivity contribution >= 4 is 11.9 Å². The second kappa shape index (κ2) is 6.47. The molecule has 1 aromatic rings. The molecular formula is C15H19NO5. The van der Waals surface area contributed by atoms with Crippen molar-refractivity contribution in [1.82, 2.24) is 5.32 Å². The molecule has 0 aromatic heterocycles. The van der Waals surface area contributed by atoms with Crippen LogP contribution < -0.4 is 14.8 Å². The summed E-state index contributed by atoms with van der Waals surface area (Å²) in [5.74, 6) is -0.249. The van der Waals surface area contributed by atoms with E-state index < -0.39 is 12.0 Å². The number of aliphatic carboxylic acids is 1. The lowest BCUT2D eigenvalue weighted by Crippen LogP contribution is -2.44. The first-order valence-corrected chi connectivity index (χ1v) is 6.88. The Labute approximate surface area is 123 Å². The van der Waals surface area contributed by atoms with E-state index in [4.69, 9.17) is 14.6 Å². The van der Waals surface area contributed by atoms with Gasteiger partial charge in [0.05, 0.1) is 6.42 Å². The van der Waals surface area contributed by atoms with E-state index in [1.165, 1.54) is 0 Å². The van der Waals surface area contributed by atoms with Gasteiger partial charge in [0.15, 0.2) is 11.5 Å². The highest BCUT2D eigenvalue weighted by Gasteiger charge is 2.23. The first-order chi connectivity index (χ1) is 9.97. The molecule has 6 nitrogen and oxygen atoms in total. The average molecular weight is 293 g/mol. The third-order valence-corrected chi connectivity index (χ3v) is 3.22. The van der Waals surface area contributed by atoms with Gasteiger partial charge in [-0.3, -0.25) is 4.79 Å². The van der Waals surface area contributed by atoms with Crippen LogP contribution in [0.15, 0.2) is 18.2 Å². The Hall–Kier alpha value is -2.24. The van der Waals surface area contributed by atoms with Crippen LogP contribution in [-0.2, 0) is 16.0 Å². The SMILES string of the molecule is CC(C)C(NC(=O)Cc1ccc2c(c1)OCCO2)C(=O)O. The van der Waals surface area contributed by atoms with Gasteiger partial charge in [0.1, 0.15) is 19.3 Å². The number of fused-ring (bicyclic) bond motifs is 1. The van der Waals surface area contributed by atoms with E-state index in [1.54, 1.807) is 32.0 Å². The molecule has 2 rings (SSSR count). The molecule has 1 amide bonds. The van der Waals surface area contributed by atoms with Crippen molar-refractivity contribution in [2.45, 2.75) is 26.3 Å². The van der Waals surface area contributed by atoms with Crippen LogP contribution in [0, 0.1) is 5.92 Å². The molecule has 0 saturated heterocycles. The zero-order chi connectivity index (χ0) is 15.4. The van der Waals surface area contributed by atoms with Gasteiger partial charge in [-0.1, -0.05) is 19.9 Å². The van der Waals surface area contributed by atoms with Crippen LogP contribution in [0.25, 0.3) is 0 Å². The standard InChI is InChI=1S/C15H19NO5/c1-9(2)14(15(18)19)16-13(17)8-10-3-4-11-12(7-10)21-6-5-20-11/h3-4,7,9,14H,5-6,8H2,1-2H3,(H,16,17)(H,18,19). The van der Waals surface area contributed by atoms with Crippen LogP contribution in [0.2, 0.25) is 0 Å². The second-order valence-electron chi connectivity index (χ2n) is 5.28. The molecule has 0 bridgehead atoms. The molecule has 6 heteroatoms. The summed E-state index contributed by atoms with van der Waals surface area (Å²) < 4.78 is 10.9. The van der Waals surface area contributed by atoms with E-state index in [-0.39, 0.29) is 18.2 Å². The molecule has 0 spiro atoms. The number of nitrogens with one attached hydrogen (secondary N) is 1. The number of ether oxygens (including phenoxy) is 2. The molecule has 0 saturated carbocycles. The Morgan fingerprint density at radius 2 is 1.90 bits per heavy atom. The monoisotopic (exact) mass is 293 g/mol. The molecule has 0 aliphatic carbocycles. The van der Waals surface area contributed by atoms with Crippen LogP contribution in [0.4, 0.5) is 0 Å². The summed E-state index contributed by atoms with van der Waals surface area (Å²) in [5, 5.41) is 11.6. The minimum absolute atomic E-state index is 0.104. The summed E-state index contributed by atoms with van der Waals surface area (Å²) in [5.41, 5.74) is 0.754. The fourth-order valence-corrected chi connectivity index (χ4v) is 2.12. The van der Waals surface area contributed by atoms with Crippen molar-refractivity contribution in [3.63, 3.8) is 0 Å². The Kier molecular flexibility index (Phi) is 4.67. The maximum absolute atomic E-state index is 12.0. The first kappa shape index (κ1) is 15.2. The Bertz CT molecular complexity index is 541. The molecule has 21 heavy (non-hydrogen) atoms. The number of rotatable bonds is 5. The summed E-state index contributed by atoms with van der Waals surface area (Å²) in [6.45, 7) is 4.50. The highest BCUT2D eigenvalue weighted by Crippen LogP contribution is 2.30. The van der Waals surface area contributed by atoms with Crippen molar-refractivity contribution in [1.29, 1.82) is 0 Å². The molecule has 1 aliphatic heterocycles. The predicted octanol–water partition coefficient (Wildman–Crippen LogP) is 1.23. The molecule has 1 atom stereocenters. The summed E-state index contributed by atoms with van der Waals surface area (Å²) in [6.07, 6.45) is 0.104. The van der Waals surface area contributed by atoms with Gasteiger partial charge in [-0.05, 0) is 23.6 Å². The van der Waals surface area contributed by atoms with Gasteiger partial charge in [0.2, 0.25) is 5.91 Å². The van der Waals surface area contributed by atoms with Crippen molar-refractivity contribution in [3.8, 4) is 11.5 Å². The second-order valence-corrected chi connectivity index (χ2v) is 5.28. The zero-order valence-corrected chi connectivity index (χ0v) is 12.1. The first-order valence-electron chi connectivity index (χ1n) is 6.88. The number of carbonyl (C=O) groups is 2. The molecule has 114 valence electrons. The van der Waals surface area contributed by atoms with E-state index in [0.29, 0.717) is 24.7 Å². The molecule has 1 aromatic carbocycles. The van der Waals surface area contributed by atoms with Crippen LogP contribution in [0.1, 0.15) is 19.4 Å². The van der Waals surface area contributed by atoms with Crippen molar-refractivity contribution in [2.24, 2.45) is 5.92 Å². The average Bonchev–Trinajstić information content (AvgIpc) is 2.44. The van der Waals surface area contributed by atoms with Crippen LogP contribution in [-0.4, -0.2) is 36.2 Å². The van der Waals surface area contributed by atoms with Crippen molar-refractivity contribution in [2.75, 3.05) is 13.2 Å². The van der Waals surface area contributed by atoms with Gasteiger partial charge < -0.3 is 19.9 Å². The quantitative estimate of drug-likeness (QED) is 0.853. The predicted molar refractivity (Wildman–Crippen MR) is 75.5 cm³/mol. The molecule has 1 heterocycles. The van der Waals surface area contributed by atoms with Gasteiger partial charge in [-0.2, -0.15) is 0 Å². The van der Waals surface area contributed by atoms with Crippen molar-refractivity contribution < 1.29 is 24.2 Å². The topological polar surface area (TPSA) is 84.9 Å². The summed E-state index contributed by atoms with van der Waals surface area (Å²) in [7, 11) is 0. The molecule has 0 fully saturated rings. The van der Waals surface area contributed by atoms with Crippen LogP contribution >= 0.6 is 0 Å². The number of amides is 1. The summed E-state index contributed by atoms with van der Waals surface area (Å²) >= 11 is 0. The van der Waals surface area contributed by atoms with Gasteiger partial charge in [0, 0.05) is 0 Å². The van der Waals surface area contributed by atoms with E-state index in [2.05, 4.69) is 5.32 Å². The minimum atomic E-state index is -1.03. The maximum Gasteiger partial charge on any atom is 0.326 e. The molecule has 0 radical (unpaired) electrons. The Morgan fingerprint density at radius 3 is 2.52 bits per heavy atom. The van der Waals surface area contributed by atoms with Crippen LogP contribution in [0.5, 0.6) is 11.5 Å². The van der Waals surface area contributed by atoms with E-state index in [1.807, 2.05) is 0 Å². The fourth-order valence-electron chi connectivity index (χ4n) is 2.12. The molecular weight excluding hydrogens is 274 g/mol. The zero-order valence-electron chi connectivity index (χ0n) is 12.1. The third-order valence-electron chi connectivity index (χ3n) is 3.22. The lowest BCUT2D eigenvalue weighted by molar-refractivity contribution is -0.143. The van der Waals surface area contributed by atoms with Gasteiger partial charge in [0.25, 0.3) is 0 Å². The number of carbonyl (C=O) groups excluding carboxylic acids is 1. The van der Waals surface area contributed by atoms with E-state index >= 15 is 0 Å². The Morgan fingerprint density at radius 1 is 1.24 bits per heavy atom. The molecule has 1 unspecified atom stereocenters. The molecule has 2 N–H and O–H groups in total. The number of benzene rings is 1. The summed E-state index contributed by atoms with van der Waals surface area (Å²) in [4.78, 5) is 23.0. The maximum atomic E-state index is 12.0. The number of carboxylic acids is 1. The normalized spacial score (nSPS) is 14.6. The van der Waals surface area contributed by atoms with E-state index in [9.17, 15) is 9.59 Å². The smallest absolute Gasteiger partial charge is 0.326 e. The molecule has 1 aliphatic rings. The minimum Gasteiger partial charge on any atom is -0.486 e. The fraction of sp³-hybridized carbons (Fsp3) is 0.467. The third kappa shape index (κ3) is 3.87.